The van der Waals surface area contributed by atoms with Gasteiger partial charge in [0.2, 0.25) is 5.91 Å². The zero-order valence-corrected chi connectivity index (χ0v) is 18.1. The fourth-order valence-electron chi connectivity index (χ4n) is 4.65. The van der Waals surface area contributed by atoms with Crippen molar-refractivity contribution in [2.75, 3.05) is 26.8 Å². The third-order valence-corrected chi connectivity index (χ3v) is 6.26. The van der Waals surface area contributed by atoms with Gasteiger partial charge in [-0.25, -0.2) is 4.79 Å². The molecule has 3 aliphatic rings. The number of hydrogen-bond donors (Lipinski definition) is 2. The molecule has 8 nitrogen and oxygen atoms in total. The van der Waals surface area contributed by atoms with Crippen molar-refractivity contribution in [3.05, 3.63) is 11.6 Å². The number of alkyl carbamates (subject to hydrolysis) is 1. The summed E-state index contributed by atoms with van der Waals surface area (Å²) in [6, 6.07) is 0. The molecular weight excluding hydrogens is 376 g/mol. The highest BCUT2D eigenvalue weighted by molar-refractivity contribution is 5.73. The average molecular weight is 411 g/mol. The first-order valence-corrected chi connectivity index (χ1v) is 10.4. The van der Waals surface area contributed by atoms with E-state index < -0.39 is 6.09 Å². The summed E-state index contributed by atoms with van der Waals surface area (Å²) in [5.41, 5.74) is 0.675. The van der Waals surface area contributed by atoms with Gasteiger partial charge in [-0.1, -0.05) is 11.6 Å². The highest BCUT2D eigenvalue weighted by atomic mass is 16.6. The molecule has 0 bridgehead atoms. The number of rotatable bonds is 8. The van der Waals surface area contributed by atoms with Gasteiger partial charge in [0.15, 0.2) is 0 Å². The van der Waals surface area contributed by atoms with Crippen molar-refractivity contribution in [3.8, 4) is 0 Å². The maximum Gasteiger partial charge on any atom is 0.407 e. The number of epoxide rings is 2. The second-order valence-electron chi connectivity index (χ2n) is 8.73. The minimum atomic E-state index is -0.503. The maximum atomic E-state index is 12.2. The molecule has 1 aliphatic carbocycles. The zero-order valence-electron chi connectivity index (χ0n) is 18.1. The summed E-state index contributed by atoms with van der Waals surface area (Å²) in [4.78, 5) is 23.1. The van der Waals surface area contributed by atoms with E-state index in [9.17, 15) is 9.59 Å². The molecule has 0 radical (unpaired) electrons. The van der Waals surface area contributed by atoms with Crippen LogP contribution >= 0.6 is 0 Å². The Morgan fingerprint density at radius 1 is 1.21 bits per heavy atom. The van der Waals surface area contributed by atoms with E-state index in [1.54, 1.807) is 7.11 Å². The molecule has 2 heterocycles. The predicted molar refractivity (Wildman–Crippen MR) is 106 cm³/mol. The van der Waals surface area contributed by atoms with Crippen LogP contribution in [0.15, 0.2) is 11.6 Å². The summed E-state index contributed by atoms with van der Waals surface area (Å²) in [5.74, 6) is -0.133. The minimum Gasteiger partial charge on any atom is -0.443 e. The van der Waals surface area contributed by atoms with E-state index in [-0.39, 0.29) is 41.3 Å². The number of ether oxygens (including phenoxy) is 4. The van der Waals surface area contributed by atoms with Gasteiger partial charge in [-0.05, 0) is 40.0 Å². The van der Waals surface area contributed by atoms with Crippen molar-refractivity contribution in [3.63, 3.8) is 0 Å². The minimum absolute atomic E-state index is 0.00138. The smallest absolute Gasteiger partial charge is 0.407 e. The van der Waals surface area contributed by atoms with Crippen molar-refractivity contribution >= 4 is 12.0 Å². The summed E-state index contributed by atoms with van der Waals surface area (Å²) in [6.45, 7) is 9.08. The molecule has 164 valence electrons. The first-order chi connectivity index (χ1) is 13.7. The highest BCUT2D eigenvalue weighted by Gasteiger charge is 2.72. The molecule has 2 N–H and O–H groups in total. The first kappa shape index (κ1) is 22.1. The number of hydrogen-bond acceptors (Lipinski definition) is 6. The molecule has 2 saturated heterocycles. The number of methoxy groups -OCH3 is 1. The van der Waals surface area contributed by atoms with Gasteiger partial charge in [0, 0.05) is 27.1 Å². The van der Waals surface area contributed by atoms with Gasteiger partial charge in [0.25, 0.3) is 0 Å². The number of carbonyl (C=O) groups is 2. The molecule has 29 heavy (non-hydrogen) atoms. The molecule has 0 aromatic heterocycles. The zero-order chi connectivity index (χ0) is 21.2. The molecular formula is C21H34N2O6. The van der Waals surface area contributed by atoms with E-state index in [1.165, 1.54) is 12.5 Å². The molecule has 1 spiro atoms. The van der Waals surface area contributed by atoms with Gasteiger partial charge in [-0.3, -0.25) is 4.79 Å². The van der Waals surface area contributed by atoms with Crippen LogP contribution in [0.1, 0.15) is 47.0 Å². The van der Waals surface area contributed by atoms with Crippen LogP contribution in [0.3, 0.4) is 0 Å². The van der Waals surface area contributed by atoms with E-state index in [1.807, 2.05) is 0 Å². The maximum absolute atomic E-state index is 12.2. The summed E-state index contributed by atoms with van der Waals surface area (Å²) in [7, 11) is 1.65. The van der Waals surface area contributed by atoms with E-state index in [2.05, 4.69) is 37.5 Å². The second-order valence-corrected chi connectivity index (χ2v) is 8.73. The summed E-state index contributed by atoms with van der Waals surface area (Å²) in [5, 5.41) is 5.31. The molecule has 2 aliphatic heterocycles. The molecule has 3 fully saturated rings. The van der Waals surface area contributed by atoms with Crippen molar-refractivity contribution < 1.29 is 28.5 Å². The van der Waals surface area contributed by atoms with Gasteiger partial charge in [0.05, 0.1) is 18.6 Å². The number of amides is 2. The summed E-state index contributed by atoms with van der Waals surface area (Å²) in [6.07, 6.45) is 3.50. The Morgan fingerprint density at radius 3 is 2.48 bits per heavy atom. The molecule has 0 aromatic rings. The third-order valence-electron chi connectivity index (χ3n) is 6.26. The number of nitrogens with one attached hydrogen (secondary N) is 2. The number of carbonyl (C=O) groups excluding carboxylic acids is 2. The van der Waals surface area contributed by atoms with Crippen LogP contribution in [0.2, 0.25) is 0 Å². The Bertz CT molecular complexity index is 658. The number of allylic oxidation sites excluding steroid dienone is 1. The van der Waals surface area contributed by atoms with E-state index in [0.29, 0.717) is 26.1 Å². The van der Waals surface area contributed by atoms with Crippen molar-refractivity contribution in [2.45, 2.75) is 76.5 Å². The Balaban J connectivity index is 1.62. The molecule has 6 atom stereocenters. The van der Waals surface area contributed by atoms with Crippen LogP contribution in [0.4, 0.5) is 4.79 Å². The molecule has 8 heteroatoms. The molecule has 0 aromatic carbocycles. The normalized spacial score (nSPS) is 37.6. The van der Waals surface area contributed by atoms with Crippen molar-refractivity contribution in [2.24, 2.45) is 5.92 Å². The van der Waals surface area contributed by atoms with E-state index >= 15 is 0 Å². The van der Waals surface area contributed by atoms with Crippen LogP contribution in [0.25, 0.3) is 0 Å². The fraction of sp³-hybridized carbons (Fsp3) is 0.810. The van der Waals surface area contributed by atoms with Crippen LogP contribution in [0, 0.1) is 5.92 Å². The van der Waals surface area contributed by atoms with Gasteiger partial charge in [-0.15, -0.1) is 0 Å². The first-order valence-electron chi connectivity index (χ1n) is 10.4. The summed E-state index contributed by atoms with van der Waals surface area (Å²) >= 11 is 0. The Labute approximate surface area is 172 Å². The van der Waals surface area contributed by atoms with Crippen LogP contribution in [0.5, 0.6) is 0 Å². The predicted octanol–water partition coefficient (Wildman–Crippen LogP) is 1.93. The second kappa shape index (κ2) is 8.62. The van der Waals surface area contributed by atoms with Crippen LogP contribution in [-0.4, -0.2) is 68.3 Å². The van der Waals surface area contributed by atoms with Gasteiger partial charge in [0.1, 0.15) is 23.4 Å². The van der Waals surface area contributed by atoms with Gasteiger partial charge in [-0.2, -0.15) is 0 Å². The Kier molecular flexibility index (Phi) is 6.55. The van der Waals surface area contributed by atoms with E-state index in [4.69, 9.17) is 18.9 Å². The molecule has 2 amide bonds. The van der Waals surface area contributed by atoms with Crippen LogP contribution < -0.4 is 10.6 Å². The Morgan fingerprint density at radius 2 is 1.90 bits per heavy atom. The van der Waals surface area contributed by atoms with Crippen molar-refractivity contribution in [1.82, 2.24) is 10.6 Å². The monoisotopic (exact) mass is 410 g/mol. The quantitative estimate of drug-likeness (QED) is 0.360. The lowest BCUT2D eigenvalue weighted by Gasteiger charge is -2.42. The van der Waals surface area contributed by atoms with Crippen LogP contribution in [-0.2, 0) is 23.7 Å². The third kappa shape index (κ3) is 4.92. The van der Waals surface area contributed by atoms with E-state index in [0.717, 1.165) is 12.8 Å². The molecule has 4 unspecified atom stereocenters. The lowest BCUT2D eigenvalue weighted by atomic mass is 9.68. The fourth-order valence-corrected chi connectivity index (χ4v) is 4.65. The van der Waals surface area contributed by atoms with Gasteiger partial charge >= 0.3 is 6.09 Å². The molecule has 1 saturated carbocycles. The highest BCUT2D eigenvalue weighted by Crippen LogP contribution is 2.59. The molecule has 3 rings (SSSR count). The van der Waals surface area contributed by atoms with Crippen molar-refractivity contribution in [1.29, 1.82) is 0 Å². The standard InChI is InChI=1S/C21H34N2O6/c1-13(2)6-7-16-20(4,29-16)18-17(26-5)15(8-9-21(18)12-27-21)28-19(25)23-11-10-22-14(3)24/h6,15-18H,7-12H2,1-5H3,(H,22,24)(H,23,25)/t15?,16-,17?,18?,20?,21+/m1/s1. The average Bonchev–Trinajstić information content (AvgIpc) is 3.56. The topological polar surface area (TPSA) is 102 Å². The Hall–Kier alpha value is -1.64. The lowest BCUT2D eigenvalue weighted by Crippen LogP contribution is -2.56. The lowest BCUT2D eigenvalue weighted by molar-refractivity contribution is -0.119. The SMILES string of the molecule is COC1C(OC(=O)NCCNC(C)=O)CC[C@]2(CO2)C1C1(C)O[C@@H]1CC=C(C)C. The van der Waals surface area contributed by atoms with Gasteiger partial charge < -0.3 is 29.6 Å². The summed E-state index contributed by atoms with van der Waals surface area (Å²) < 4.78 is 23.6. The largest absolute Gasteiger partial charge is 0.443 e.